The Labute approximate surface area is 112 Å². The number of ether oxygens (including phenoxy) is 1. The van der Waals surface area contributed by atoms with Gasteiger partial charge in [0.05, 0.1) is 7.11 Å². The zero-order chi connectivity index (χ0) is 13.0. The predicted molar refractivity (Wildman–Crippen MR) is 71.5 cm³/mol. The third-order valence-electron chi connectivity index (χ3n) is 3.48. The second-order valence-corrected chi connectivity index (χ2v) is 5.86. The molecule has 1 fully saturated rings. The van der Waals surface area contributed by atoms with Gasteiger partial charge in [0, 0.05) is 22.5 Å². The predicted octanol–water partition coefficient (Wildman–Crippen LogP) is 1.86. The summed E-state index contributed by atoms with van der Waals surface area (Å²) in [6.07, 6.45) is 6.25. The number of methoxy groups -OCH3 is 1. The van der Waals surface area contributed by atoms with Crippen LogP contribution in [0.2, 0.25) is 0 Å². The van der Waals surface area contributed by atoms with Gasteiger partial charge in [-0.2, -0.15) is 0 Å². The molecule has 0 spiro atoms. The first-order valence-electron chi connectivity index (χ1n) is 6.04. The summed E-state index contributed by atoms with van der Waals surface area (Å²) in [6, 6.07) is 4.00. The number of hydrogen-bond acceptors (Lipinski definition) is 5. The van der Waals surface area contributed by atoms with E-state index in [4.69, 9.17) is 4.74 Å². The van der Waals surface area contributed by atoms with Crippen LogP contribution in [0.4, 0.5) is 0 Å². The summed E-state index contributed by atoms with van der Waals surface area (Å²) >= 11 is 1.81. The van der Waals surface area contributed by atoms with Crippen molar-refractivity contribution in [2.45, 2.75) is 34.9 Å². The summed E-state index contributed by atoms with van der Waals surface area (Å²) in [5.41, 5.74) is -0.501. The lowest BCUT2D eigenvalue weighted by molar-refractivity contribution is -0.148. The molecule has 0 saturated heterocycles. The standard InChI is InChI=1S/C13H18N2O2S/c1-14-13(12(16)17-2)6-3-11(9-13)18-10-4-7-15-8-5-10/h4-5,7-8,11,14H,3,6,9H2,1-2H3. The molecule has 1 heterocycles. The van der Waals surface area contributed by atoms with Crippen LogP contribution in [0.5, 0.6) is 0 Å². The zero-order valence-corrected chi connectivity index (χ0v) is 11.5. The lowest BCUT2D eigenvalue weighted by Crippen LogP contribution is -2.49. The normalized spacial score (nSPS) is 27.1. The number of hydrogen-bond donors (Lipinski definition) is 1. The van der Waals surface area contributed by atoms with E-state index in [-0.39, 0.29) is 5.97 Å². The monoisotopic (exact) mass is 266 g/mol. The van der Waals surface area contributed by atoms with Crippen LogP contribution in [0, 0.1) is 0 Å². The number of rotatable bonds is 4. The lowest BCUT2D eigenvalue weighted by atomic mass is 9.98. The Morgan fingerprint density at radius 1 is 1.56 bits per heavy atom. The lowest BCUT2D eigenvalue weighted by Gasteiger charge is -2.25. The molecule has 98 valence electrons. The minimum Gasteiger partial charge on any atom is -0.468 e. The molecule has 5 heteroatoms. The van der Waals surface area contributed by atoms with Crippen molar-refractivity contribution in [1.82, 2.24) is 10.3 Å². The van der Waals surface area contributed by atoms with Crippen LogP contribution in [0.1, 0.15) is 19.3 Å². The van der Waals surface area contributed by atoms with E-state index in [1.165, 1.54) is 12.0 Å². The Morgan fingerprint density at radius 3 is 2.89 bits per heavy atom. The largest absolute Gasteiger partial charge is 0.468 e. The van der Waals surface area contributed by atoms with Gasteiger partial charge in [-0.3, -0.25) is 9.78 Å². The third-order valence-corrected chi connectivity index (χ3v) is 4.76. The number of nitrogens with zero attached hydrogens (tertiary/aromatic N) is 1. The van der Waals surface area contributed by atoms with Crippen molar-refractivity contribution in [2.75, 3.05) is 14.2 Å². The summed E-state index contributed by atoms with van der Waals surface area (Å²) in [4.78, 5) is 17.1. The molecule has 0 amide bonds. The molecule has 1 aromatic heterocycles. The third kappa shape index (κ3) is 2.67. The van der Waals surface area contributed by atoms with E-state index in [1.807, 2.05) is 30.9 Å². The summed E-state index contributed by atoms with van der Waals surface area (Å²) in [5.74, 6) is -0.150. The highest BCUT2D eigenvalue weighted by atomic mass is 32.2. The topological polar surface area (TPSA) is 51.2 Å². The number of aromatic nitrogens is 1. The van der Waals surface area contributed by atoms with E-state index in [1.54, 1.807) is 12.4 Å². The van der Waals surface area contributed by atoms with Gasteiger partial charge >= 0.3 is 5.97 Å². The molecule has 18 heavy (non-hydrogen) atoms. The maximum absolute atomic E-state index is 11.9. The number of carbonyl (C=O) groups is 1. The quantitative estimate of drug-likeness (QED) is 0.843. The summed E-state index contributed by atoms with van der Waals surface area (Å²) in [5, 5.41) is 3.59. The maximum atomic E-state index is 11.9. The van der Waals surface area contributed by atoms with E-state index in [0.29, 0.717) is 5.25 Å². The molecule has 2 atom stereocenters. The molecule has 2 unspecified atom stereocenters. The SMILES string of the molecule is CNC1(C(=O)OC)CCC(Sc2ccncc2)C1. The average molecular weight is 266 g/mol. The molecule has 0 aromatic carbocycles. The Kier molecular flexibility index (Phi) is 4.24. The molecule has 4 nitrogen and oxygen atoms in total. The molecule has 1 saturated carbocycles. The van der Waals surface area contributed by atoms with Gasteiger partial charge in [0.2, 0.25) is 0 Å². The fourth-order valence-electron chi connectivity index (χ4n) is 2.42. The fraction of sp³-hybridized carbons (Fsp3) is 0.538. The van der Waals surface area contributed by atoms with Crippen LogP contribution in [0.25, 0.3) is 0 Å². The zero-order valence-electron chi connectivity index (χ0n) is 10.7. The first-order valence-corrected chi connectivity index (χ1v) is 6.92. The molecule has 1 aliphatic carbocycles. The van der Waals surface area contributed by atoms with Gasteiger partial charge in [-0.05, 0) is 38.4 Å². The van der Waals surface area contributed by atoms with Gasteiger partial charge in [0.1, 0.15) is 5.54 Å². The highest BCUT2D eigenvalue weighted by Crippen LogP contribution is 2.40. The minimum atomic E-state index is -0.501. The van der Waals surface area contributed by atoms with Crippen molar-refractivity contribution in [1.29, 1.82) is 0 Å². The first kappa shape index (κ1) is 13.4. The average Bonchev–Trinajstić information content (AvgIpc) is 2.83. The fourth-order valence-corrected chi connectivity index (χ4v) is 3.69. The Hall–Kier alpha value is -1.07. The molecule has 0 radical (unpaired) electrons. The van der Waals surface area contributed by atoms with E-state index in [2.05, 4.69) is 10.3 Å². The van der Waals surface area contributed by atoms with Gasteiger partial charge in [0.15, 0.2) is 0 Å². The summed E-state index contributed by atoms with van der Waals surface area (Å²) < 4.78 is 4.91. The van der Waals surface area contributed by atoms with E-state index < -0.39 is 5.54 Å². The second kappa shape index (κ2) is 5.71. The Bertz CT molecular complexity index is 413. The van der Waals surface area contributed by atoms with Crippen molar-refractivity contribution in [3.8, 4) is 0 Å². The minimum absolute atomic E-state index is 0.150. The van der Waals surface area contributed by atoms with Gasteiger partial charge in [-0.15, -0.1) is 11.8 Å². The van der Waals surface area contributed by atoms with Crippen LogP contribution in [-0.2, 0) is 9.53 Å². The first-order chi connectivity index (χ1) is 8.70. The van der Waals surface area contributed by atoms with Crippen LogP contribution in [0.15, 0.2) is 29.4 Å². The second-order valence-electron chi connectivity index (χ2n) is 4.49. The molecule has 0 bridgehead atoms. The summed E-state index contributed by atoms with van der Waals surface area (Å²) in [6.45, 7) is 0. The van der Waals surface area contributed by atoms with Gasteiger partial charge in [0.25, 0.3) is 0 Å². The maximum Gasteiger partial charge on any atom is 0.326 e. The number of thioether (sulfide) groups is 1. The Morgan fingerprint density at radius 2 is 2.28 bits per heavy atom. The van der Waals surface area contributed by atoms with Gasteiger partial charge < -0.3 is 10.1 Å². The molecule has 0 aliphatic heterocycles. The van der Waals surface area contributed by atoms with E-state index >= 15 is 0 Å². The van der Waals surface area contributed by atoms with Crippen molar-refractivity contribution >= 4 is 17.7 Å². The molecular weight excluding hydrogens is 248 g/mol. The summed E-state index contributed by atoms with van der Waals surface area (Å²) in [7, 11) is 3.28. The molecule has 2 rings (SSSR count). The van der Waals surface area contributed by atoms with Crippen LogP contribution in [0.3, 0.4) is 0 Å². The molecule has 1 aromatic rings. The van der Waals surface area contributed by atoms with Crippen LogP contribution >= 0.6 is 11.8 Å². The number of esters is 1. The van der Waals surface area contributed by atoms with Gasteiger partial charge in [-0.1, -0.05) is 0 Å². The van der Waals surface area contributed by atoms with Crippen molar-refractivity contribution in [2.24, 2.45) is 0 Å². The number of carbonyl (C=O) groups excluding carboxylic acids is 1. The van der Waals surface area contributed by atoms with Crippen molar-refractivity contribution in [3.05, 3.63) is 24.5 Å². The van der Waals surface area contributed by atoms with E-state index in [9.17, 15) is 4.79 Å². The highest BCUT2D eigenvalue weighted by Gasteiger charge is 2.45. The van der Waals surface area contributed by atoms with Crippen LogP contribution < -0.4 is 5.32 Å². The molecule has 1 N–H and O–H groups in total. The number of likely N-dealkylation sites (N-methyl/N-ethyl adjacent to an activating group) is 1. The van der Waals surface area contributed by atoms with Gasteiger partial charge in [-0.25, -0.2) is 0 Å². The molecule has 1 aliphatic rings. The number of nitrogens with one attached hydrogen (secondary N) is 1. The highest BCUT2D eigenvalue weighted by molar-refractivity contribution is 8.00. The van der Waals surface area contributed by atoms with Crippen LogP contribution in [-0.4, -0.2) is 35.9 Å². The Balaban J connectivity index is 2.01. The van der Waals surface area contributed by atoms with Crippen molar-refractivity contribution < 1.29 is 9.53 Å². The number of pyridine rings is 1. The molecular formula is C13H18N2O2S. The van der Waals surface area contributed by atoms with Crippen molar-refractivity contribution in [3.63, 3.8) is 0 Å². The van der Waals surface area contributed by atoms with E-state index in [0.717, 1.165) is 19.3 Å². The smallest absolute Gasteiger partial charge is 0.326 e.